The predicted molar refractivity (Wildman–Crippen MR) is 42.7 cm³/mol. The summed E-state index contributed by atoms with van der Waals surface area (Å²) in [5.74, 6) is 2.21. The summed E-state index contributed by atoms with van der Waals surface area (Å²) >= 11 is 0. The van der Waals surface area contributed by atoms with Crippen LogP contribution < -0.4 is 0 Å². The van der Waals surface area contributed by atoms with Crippen LogP contribution in [0.4, 0.5) is 0 Å². The minimum atomic E-state index is 0.991. The van der Waals surface area contributed by atoms with E-state index in [-0.39, 0.29) is 0 Å². The van der Waals surface area contributed by atoms with Gasteiger partial charge in [0.05, 0.1) is 27.2 Å². The summed E-state index contributed by atoms with van der Waals surface area (Å²) in [5.41, 5.74) is 0. The molecule has 3 fully saturated rings. The lowest BCUT2D eigenvalue weighted by atomic mass is 9.83. The van der Waals surface area contributed by atoms with Gasteiger partial charge in [-0.25, -0.2) is 0 Å². The molecule has 0 spiro atoms. The number of rotatable bonds is 1. The minimum Gasteiger partial charge on any atom is -0.328 e. The molecule has 0 heterocycles. The van der Waals surface area contributed by atoms with Crippen molar-refractivity contribution in [3.8, 4) is 0 Å². The summed E-state index contributed by atoms with van der Waals surface area (Å²) in [7, 11) is 7.02. The first-order valence-corrected chi connectivity index (χ1v) is 4.38. The second-order valence-electron chi connectivity index (χ2n) is 5.02. The van der Waals surface area contributed by atoms with Gasteiger partial charge < -0.3 is 4.48 Å². The number of fused-ring (bicyclic) bond motifs is 1. The van der Waals surface area contributed by atoms with Crippen LogP contribution in [0.15, 0.2) is 0 Å². The molecule has 0 aromatic rings. The molecule has 2 bridgehead atoms. The van der Waals surface area contributed by atoms with Crippen molar-refractivity contribution in [3.63, 3.8) is 0 Å². The van der Waals surface area contributed by atoms with Gasteiger partial charge in [0.25, 0.3) is 0 Å². The number of hydrogen-bond donors (Lipinski definition) is 0. The molecule has 1 atom stereocenters. The molecule has 3 aliphatic rings. The van der Waals surface area contributed by atoms with Crippen LogP contribution >= 0.6 is 0 Å². The van der Waals surface area contributed by atoms with Crippen molar-refractivity contribution in [3.05, 3.63) is 0 Å². The fourth-order valence-electron chi connectivity index (χ4n) is 2.78. The van der Waals surface area contributed by atoms with Crippen LogP contribution in [0, 0.1) is 11.8 Å². The Balaban J connectivity index is 2.07. The van der Waals surface area contributed by atoms with Crippen LogP contribution in [-0.2, 0) is 0 Å². The fraction of sp³-hybridized carbons (Fsp3) is 1.00. The molecule has 0 aromatic carbocycles. The molecule has 3 rings (SSSR count). The Labute approximate surface area is 63.6 Å². The van der Waals surface area contributed by atoms with E-state index in [1.807, 2.05) is 0 Å². The van der Waals surface area contributed by atoms with Crippen molar-refractivity contribution < 1.29 is 4.48 Å². The lowest BCUT2D eigenvalue weighted by Gasteiger charge is -2.34. The first kappa shape index (κ1) is 6.66. The van der Waals surface area contributed by atoms with E-state index in [2.05, 4.69) is 21.1 Å². The first-order chi connectivity index (χ1) is 4.57. The normalized spacial score (nSPS) is 45.3. The number of hydrogen-bond acceptors (Lipinski definition) is 0. The zero-order valence-corrected chi connectivity index (χ0v) is 7.30. The summed E-state index contributed by atoms with van der Waals surface area (Å²) in [5, 5.41) is 0. The summed E-state index contributed by atoms with van der Waals surface area (Å²) in [4.78, 5) is 0. The Morgan fingerprint density at radius 1 is 1.00 bits per heavy atom. The monoisotopic (exact) mass is 140 g/mol. The number of quaternary nitrogens is 1. The summed E-state index contributed by atoms with van der Waals surface area (Å²) < 4.78 is 1.20. The van der Waals surface area contributed by atoms with Crippen LogP contribution in [0.5, 0.6) is 0 Å². The molecule has 0 N–H and O–H groups in total. The molecule has 58 valence electrons. The third kappa shape index (κ3) is 0.800. The van der Waals surface area contributed by atoms with Crippen molar-refractivity contribution in [1.82, 2.24) is 0 Å². The Bertz CT molecular complexity index is 139. The van der Waals surface area contributed by atoms with E-state index in [0.717, 1.165) is 17.9 Å². The Morgan fingerprint density at radius 3 is 1.80 bits per heavy atom. The zero-order chi connectivity index (χ0) is 7.35. The Kier molecular flexibility index (Phi) is 1.17. The highest BCUT2D eigenvalue weighted by Gasteiger charge is 2.50. The molecule has 1 nitrogen and oxygen atoms in total. The minimum absolute atomic E-state index is 0.991. The van der Waals surface area contributed by atoms with Gasteiger partial charge in [0.1, 0.15) is 0 Å². The highest BCUT2D eigenvalue weighted by Crippen LogP contribution is 2.51. The SMILES string of the molecule is C[N+](C)(C)[C@H]1CC2CC1C2. The van der Waals surface area contributed by atoms with Gasteiger partial charge in [-0.2, -0.15) is 0 Å². The van der Waals surface area contributed by atoms with E-state index >= 15 is 0 Å². The van der Waals surface area contributed by atoms with Gasteiger partial charge >= 0.3 is 0 Å². The summed E-state index contributed by atoms with van der Waals surface area (Å²) in [6, 6.07) is 0.991. The van der Waals surface area contributed by atoms with E-state index in [4.69, 9.17) is 0 Å². The van der Waals surface area contributed by atoms with Crippen LogP contribution in [0.25, 0.3) is 0 Å². The van der Waals surface area contributed by atoms with E-state index in [0.29, 0.717) is 0 Å². The van der Waals surface area contributed by atoms with Gasteiger partial charge in [-0.3, -0.25) is 0 Å². The van der Waals surface area contributed by atoms with Crippen molar-refractivity contribution in [2.24, 2.45) is 11.8 Å². The van der Waals surface area contributed by atoms with Crippen LogP contribution in [0.2, 0.25) is 0 Å². The number of nitrogens with zero attached hydrogens (tertiary/aromatic N) is 1. The highest BCUT2D eigenvalue weighted by atomic mass is 15.3. The maximum absolute atomic E-state index is 2.34. The van der Waals surface area contributed by atoms with Gasteiger partial charge in [-0.05, 0) is 18.8 Å². The summed E-state index contributed by atoms with van der Waals surface area (Å²) in [6.45, 7) is 0. The van der Waals surface area contributed by atoms with Gasteiger partial charge in [0, 0.05) is 12.3 Å². The van der Waals surface area contributed by atoms with Crippen LogP contribution in [0.1, 0.15) is 19.3 Å². The quantitative estimate of drug-likeness (QED) is 0.484. The third-order valence-electron chi connectivity index (χ3n) is 3.39. The van der Waals surface area contributed by atoms with E-state index in [1.165, 1.54) is 10.9 Å². The third-order valence-corrected chi connectivity index (χ3v) is 3.39. The van der Waals surface area contributed by atoms with Crippen LogP contribution in [0.3, 0.4) is 0 Å². The average molecular weight is 140 g/mol. The zero-order valence-electron chi connectivity index (χ0n) is 7.30. The molecule has 0 radical (unpaired) electrons. The second kappa shape index (κ2) is 1.76. The molecule has 3 saturated carbocycles. The predicted octanol–water partition coefficient (Wildman–Crippen LogP) is 1.49. The first-order valence-electron chi connectivity index (χ1n) is 4.38. The molecule has 3 aliphatic carbocycles. The summed E-state index contributed by atoms with van der Waals surface area (Å²) in [6.07, 6.45) is 4.59. The van der Waals surface area contributed by atoms with Gasteiger partial charge in [-0.1, -0.05) is 0 Å². The van der Waals surface area contributed by atoms with Crippen molar-refractivity contribution >= 4 is 0 Å². The second-order valence-corrected chi connectivity index (χ2v) is 5.02. The molecule has 10 heavy (non-hydrogen) atoms. The lowest BCUT2D eigenvalue weighted by molar-refractivity contribution is -0.897. The molecule has 0 saturated heterocycles. The van der Waals surface area contributed by atoms with E-state index in [1.54, 1.807) is 12.8 Å². The van der Waals surface area contributed by atoms with Gasteiger partial charge in [0.2, 0.25) is 0 Å². The molecule has 1 heteroatoms. The Hall–Kier alpha value is -0.0400. The molecule has 0 amide bonds. The maximum atomic E-state index is 2.34. The van der Waals surface area contributed by atoms with Crippen molar-refractivity contribution in [1.29, 1.82) is 0 Å². The Morgan fingerprint density at radius 2 is 1.60 bits per heavy atom. The standard InChI is InChI=1S/C9H18N/c1-10(2,3)9-6-7-4-8(9)5-7/h7-9H,4-6H2,1-3H3/q+1/t7?,8?,9-/m0/s1. The maximum Gasteiger partial charge on any atom is 0.0915 e. The van der Waals surface area contributed by atoms with Gasteiger partial charge in [0.15, 0.2) is 0 Å². The fourth-order valence-corrected chi connectivity index (χ4v) is 2.78. The van der Waals surface area contributed by atoms with E-state index in [9.17, 15) is 0 Å². The van der Waals surface area contributed by atoms with Crippen LogP contribution in [-0.4, -0.2) is 31.7 Å². The topological polar surface area (TPSA) is 0 Å². The average Bonchev–Trinajstić information content (AvgIpc) is 2.07. The van der Waals surface area contributed by atoms with Crippen molar-refractivity contribution in [2.75, 3.05) is 21.1 Å². The molecule has 0 aliphatic heterocycles. The van der Waals surface area contributed by atoms with Gasteiger partial charge in [-0.15, -0.1) is 0 Å². The smallest absolute Gasteiger partial charge is 0.0915 e. The largest absolute Gasteiger partial charge is 0.328 e. The molecular formula is C9H18N+. The molecular weight excluding hydrogens is 122 g/mol. The lowest BCUT2D eigenvalue weighted by Crippen LogP contribution is -2.46. The molecule has 0 aromatic heterocycles. The van der Waals surface area contributed by atoms with Crippen molar-refractivity contribution in [2.45, 2.75) is 25.3 Å². The van der Waals surface area contributed by atoms with E-state index < -0.39 is 0 Å². The molecule has 0 unspecified atom stereocenters. The highest BCUT2D eigenvalue weighted by molar-refractivity contribution is 4.95.